The summed E-state index contributed by atoms with van der Waals surface area (Å²) in [6.07, 6.45) is 4.16. The Labute approximate surface area is 138 Å². The fraction of sp³-hybridized carbons (Fsp3) is 0.647. The van der Waals surface area contributed by atoms with E-state index in [-0.39, 0.29) is 11.7 Å². The van der Waals surface area contributed by atoms with E-state index in [0.29, 0.717) is 12.4 Å². The van der Waals surface area contributed by atoms with Crippen LogP contribution in [0.1, 0.15) is 39.2 Å². The third kappa shape index (κ3) is 5.71. The lowest BCUT2D eigenvalue weighted by Gasteiger charge is -2.24. The van der Waals surface area contributed by atoms with Crippen molar-refractivity contribution >= 4 is 5.96 Å². The highest BCUT2D eigenvalue weighted by molar-refractivity contribution is 5.79. The molecular weight excluding hydrogens is 292 g/mol. The van der Waals surface area contributed by atoms with Gasteiger partial charge in [0.2, 0.25) is 5.88 Å². The molecule has 1 unspecified atom stereocenters. The van der Waals surface area contributed by atoms with E-state index in [2.05, 4.69) is 27.5 Å². The highest BCUT2D eigenvalue weighted by Crippen LogP contribution is 2.23. The molecule has 0 bridgehead atoms. The van der Waals surface area contributed by atoms with Gasteiger partial charge in [-0.15, -0.1) is 0 Å². The molecule has 1 saturated heterocycles. The number of guanidine groups is 1. The van der Waals surface area contributed by atoms with Gasteiger partial charge in [0, 0.05) is 39.0 Å². The molecule has 0 spiro atoms. The summed E-state index contributed by atoms with van der Waals surface area (Å²) < 4.78 is 11.3. The molecule has 1 fully saturated rings. The van der Waals surface area contributed by atoms with Crippen molar-refractivity contribution in [3.8, 4) is 5.88 Å². The number of aromatic nitrogens is 1. The molecule has 0 aromatic carbocycles. The topological polar surface area (TPSA) is 67.8 Å². The molecule has 23 heavy (non-hydrogen) atoms. The summed E-state index contributed by atoms with van der Waals surface area (Å²) in [5.41, 5.74) is 0.988. The van der Waals surface area contributed by atoms with Crippen LogP contribution in [0.25, 0.3) is 0 Å². The predicted molar refractivity (Wildman–Crippen MR) is 91.8 cm³/mol. The van der Waals surface area contributed by atoms with Crippen molar-refractivity contribution in [2.45, 2.75) is 51.9 Å². The standard InChI is InChI=1S/C17H28N4O2/c1-13(2)23-15-7-6-14(10-19-15)11-20-16(18-4)21-12-17(3)8-5-9-22-17/h6-7,10,13H,5,8-9,11-12H2,1-4H3,(H2,18,20,21). The Kier molecular flexibility index (Phi) is 6.21. The predicted octanol–water partition coefficient (Wildman–Crippen LogP) is 2.10. The molecule has 1 aliphatic heterocycles. The number of pyridine rings is 1. The van der Waals surface area contributed by atoms with Gasteiger partial charge in [-0.25, -0.2) is 4.98 Å². The molecule has 1 atom stereocenters. The van der Waals surface area contributed by atoms with E-state index < -0.39 is 0 Å². The summed E-state index contributed by atoms with van der Waals surface area (Å²) in [6, 6.07) is 3.90. The monoisotopic (exact) mass is 320 g/mol. The lowest BCUT2D eigenvalue weighted by molar-refractivity contribution is 0.0243. The number of rotatable bonds is 6. The van der Waals surface area contributed by atoms with Crippen LogP contribution in [0.3, 0.4) is 0 Å². The van der Waals surface area contributed by atoms with Gasteiger partial charge in [0.1, 0.15) is 0 Å². The van der Waals surface area contributed by atoms with Crippen molar-refractivity contribution in [1.29, 1.82) is 0 Å². The third-order valence-corrected chi connectivity index (χ3v) is 3.77. The Morgan fingerprint density at radius 2 is 2.26 bits per heavy atom. The first-order chi connectivity index (χ1) is 11.0. The molecule has 128 valence electrons. The fourth-order valence-corrected chi connectivity index (χ4v) is 2.48. The van der Waals surface area contributed by atoms with E-state index in [0.717, 1.165) is 37.5 Å². The van der Waals surface area contributed by atoms with Gasteiger partial charge in [0.05, 0.1) is 11.7 Å². The van der Waals surface area contributed by atoms with E-state index in [4.69, 9.17) is 9.47 Å². The van der Waals surface area contributed by atoms with Crippen LogP contribution < -0.4 is 15.4 Å². The van der Waals surface area contributed by atoms with Gasteiger partial charge >= 0.3 is 0 Å². The van der Waals surface area contributed by atoms with Gasteiger partial charge in [-0.05, 0) is 39.2 Å². The quantitative estimate of drug-likeness (QED) is 0.621. The van der Waals surface area contributed by atoms with Crippen LogP contribution in [-0.2, 0) is 11.3 Å². The minimum atomic E-state index is -0.0883. The summed E-state index contributed by atoms with van der Waals surface area (Å²) in [5.74, 6) is 1.42. The second kappa shape index (κ2) is 8.15. The Hall–Kier alpha value is -1.82. The second-order valence-electron chi connectivity index (χ2n) is 6.35. The Morgan fingerprint density at radius 3 is 2.83 bits per heavy atom. The van der Waals surface area contributed by atoms with E-state index in [1.54, 1.807) is 7.05 Å². The summed E-state index contributed by atoms with van der Waals surface area (Å²) in [5, 5.41) is 6.62. The van der Waals surface area contributed by atoms with Crippen molar-refractivity contribution in [2.75, 3.05) is 20.2 Å². The van der Waals surface area contributed by atoms with Gasteiger partial charge in [0.25, 0.3) is 0 Å². The van der Waals surface area contributed by atoms with E-state index >= 15 is 0 Å². The highest BCUT2D eigenvalue weighted by atomic mass is 16.5. The molecule has 0 aliphatic carbocycles. The van der Waals surface area contributed by atoms with Crippen LogP contribution in [0.5, 0.6) is 5.88 Å². The maximum Gasteiger partial charge on any atom is 0.213 e. The number of ether oxygens (including phenoxy) is 2. The van der Waals surface area contributed by atoms with Gasteiger partial charge < -0.3 is 20.1 Å². The van der Waals surface area contributed by atoms with Crippen LogP contribution in [0.4, 0.5) is 0 Å². The average Bonchev–Trinajstić information content (AvgIpc) is 2.95. The zero-order valence-corrected chi connectivity index (χ0v) is 14.6. The van der Waals surface area contributed by atoms with E-state index in [1.807, 2.05) is 32.2 Å². The number of aliphatic imine (C=N–C) groups is 1. The minimum absolute atomic E-state index is 0.0883. The van der Waals surface area contributed by atoms with Crippen LogP contribution >= 0.6 is 0 Å². The van der Waals surface area contributed by atoms with E-state index in [1.165, 1.54) is 0 Å². The summed E-state index contributed by atoms with van der Waals surface area (Å²) in [6.45, 7) is 8.37. The van der Waals surface area contributed by atoms with E-state index in [9.17, 15) is 0 Å². The first-order valence-corrected chi connectivity index (χ1v) is 8.21. The second-order valence-corrected chi connectivity index (χ2v) is 6.35. The Balaban J connectivity index is 1.78. The smallest absolute Gasteiger partial charge is 0.213 e. The molecule has 2 heterocycles. The molecule has 0 radical (unpaired) electrons. The van der Waals surface area contributed by atoms with Crippen LogP contribution in [0.2, 0.25) is 0 Å². The molecule has 1 aromatic heterocycles. The lowest BCUT2D eigenvalue weighted by atomic mass is 10.0. The maximum atomic E-state index is 5.77. The van der Waals surface area contributed by atoms with Crippen LogP contribution in [-0.4, -0.2) is 42.8 Å². The molecule has 2 N–H and O–H groups in total. The summed E-state index contributed by atoms with van der Waals surface area (Å²) in [7, 11) is 1.77. The number of nitrogens with zero attached hydrogens (tertiary/aromatic N) is 2. The summed E-state index contributed by atoms with van der Waals surface area (Å²) >= 11 is 0. The molecule has 6 heteroatoms. The van der Waals surface area contributed by atoms with Crippen LogP contribution in [0, 0.1) is 0 Å². The maximum absolute atomic E-state index is 5.77. The Bertz CT molecular complexity index is 508. The molecule has 1 aliphatic rings. The molecule has 1 aromatic rings. The number of hydrogen-bond acceptors (Lipinski definition) is 4. The molecule has 0 amide bonds. The van der Waals surface area contributed by atoms with Crippen molar-refractivity contribution in [1.82, 2.24) is 15.6 Å². The van der Waals surface area contributed by atoms with Crippen LogP contribution in [0.15, 0.2) is 23.3 Å². The van der Waals surface area contributed by atoms with Crippen molar-refractivity contribution in [3.05, 3.63) is 23.9 Å². The first-order valence-electron chi connectivity index (χ1n) is 8.21. The molecule has 6 nitrogen and oxygen atoms in total. The van der Waals surface area contributed by atoms with Gasteiger partial charge in [0.15, 0.2) is 5.96 Å². The largest absolute Gasteiger partial charge is 0.475 e. The third-order valence-electron chi connectivity index (χ3n) is 3.77. The van der Waals surface area contributed by atoms with Gasteiger partial charge in [-0.3, -0.25) is 4.99 Å². The van der Waals surface area contributed by atoms with Crippen molar-refractivity contribution in [2.24, 2.45) is 4.99 Å². The number of hydrogen-bond donors (Lipinski definition) is 2. The lowest BCUT2D eigenvalue weighted by Crippen LogP contribution is -2.45. The molecular formula is C17H28N4O2. The highest BCUT2D eigenvalue weighted by Gasteiger charge is 2.29. The Morgan fingerprint density at radius 1 is 1.43 bits per heavy atom. The summed E-state index contributed by atoms with van der Waals surface area (Å²) in [4.78, 5) is 8.55. The zero-order chi connectivity index (χ0) is 16.7. The normalized spacial score (nSPS) is 21.5. The van der Waals surface area contributed by atoms with Crippen molar-refractivity contribution in [3.63, 3.8) is 0 Å². The number of nitrogens with one attached hydrogen (secondary N) is 2. The SMILES string of the molecule is CN=C(NCc1ccc(OC(C)C)nc1)NCC1(C)CCCO1. The van der Waals surface area contributed by atoms with Gasteiger partial charge in [-0.2, -0.15) is 0 Å². The molecule has 2 rings (SSSR count). The van der Waals surface area contributed by atoms with Crippen molar-refractivity contribution < 1.29 is 9.47 Å². The minimum Gasteiger partial charge on any atom is -0.475 e. The fourth-order valence-electron chi connectivity index (χ4n) is 2.48. The zero-order valence-electron chi connectivity index (χ0n) is 14.6. The molecule has 0 saturated carbocycles. The van der Waals surface area contributed by atoms with Gasteiger partial charge in [-0.1, -0.05) is 6.07 Å². The first kappa shape index (κ1) is 17.5. The average molecular weight is 320 g/mol.